The maximum Gasteiger partial charge on any atom is 0.193 e. The van der Waals surface area contributed by atoms with Crippen molar-refractivity contribution in [2.24, 2.45) is 0 Å². The van der Waals surface area contributed by atoms with Gasteiger partial charge in [0, 0.05) is 18.9 Å². The van der Waals surface area contributed by atoms with Crippen molar-refractivity contribution in [1.29, 1.82) is 0 Å². The van der Waals surface area contributed by atoms with Gasteiger partial charge in [0.05, 0.1) is 0 Å². The molecule has 0 aromatic carbocycles. The summed E-state index contributed by atoms with van der Waals surface area (Å²) >= 11 is 5.76. The number of halogens is 1. The molecule has 0 bridgehead atoms. The average Bonchev–Trinajstić information content (AvgIpc) is 2.52. The quantitative estimate of drug-likeness (QED) is 0.764. The zero-order valence-corrected chi connectivity index (χ0v) is 7.82. The summed E-state index contributed by atoms with van der Waals surface area (Å²) in [4.78, 5) is 0. The van der Waals surface area contributed by atoms with E-state index < -0.39 is 0 Å². The van der Waals surface area contributed by atoms with Crippen LogP contribution in [0.3, 0.4) is 0 Å². The Hall–Kier alpha value is -0.470. The lowest BCUT2D eigenvalue weighted by atomic mass is 10.0. The van der Waals surface area contributed by atoms with Gasteiger partial charge in [-0.05, 0) is 36.7 Å². The number of aryl methyl sites for hydroxylation is 1. The van der Waals surface area contributed by atoms with Crippen LogP contribution in [0.1, 0.15) is 23.7 Å². The van der Waals surface area contributed by atoms with E-state index in [2.05, 4.69) is 5.32 Å². The second kappa shape index (κ2) is 3.11. The van der Waals surface area contributed by atoms with E-state index in [1.165, 1.54) is 12.0 Å². The van der Waals surface area contributed by atoms with Gasteiger partial charge in [0.25, 0.3) is 0 Å². The highest BCUT2D eigenvalue weighted by atomic mass is 35.5. The SMILES string of the molecule is CNCC1CCc2oc(Cl)cc21. The van der Waals surface area contributed by atoms with Gasteiger partial charge in [0.15, 0.2) is 5.22 Å². The predicted octanol–water partition coefficient (Wildman–Crippen LogP) is 2.18. The van der Waals surface area contributed by atoms with E-state index in [9.17, 15) is 0 Å². The molecule has 0 spiro atoms. The van der Waals surface area contributed by atoms with E-state index in [4.69, 9.17) is 16.0 Å². The molecule has 1 aliphatic carbocycles. The van der Waals surface area contributed by atoms with Gasteiger partial charge in [-0.25, -0.2) is 0 Å². The summed E-state index contributed by atoms with van der Waals surface area (Å²) < 4.78 is 5.34. The molecule has 2 nitrogen and oxygen atoms in total. The molecule has 66 valence electrons. The highest BCUT2D eigenvalue weighted by Gasteiger charge is 2.25. The molecule has 1 unspecified atom stereocenters. The van der Waals surface area contributed by atoms with Crippen molar-refractivity contribution in [3.8, 4) is 0 Å². The van der Waals surface area contributed by atoms with Crippen LogP contribution in [0.4, 0.5) is 0 Å². The highest BCUT2D eigenvalue weighted by Crippen LogP contribution is 2.36. The topological polar surface area (TPSA) is 25.2 Å². The van der Waals surface area contributed by atoms with Crippen molar-refractivity contribution in [3.05, 3.63) is 22.6 Å². The fourth-order valence-electron chi connectivity index (χ4n) is 1.87. The third kappa shape index (κ3) is 1.25. The van der Waals surface area contributed by atoms with Crippen LogP contribution in [0.2, 0.25) is 5.22 Å². The van der Waals surface area contributed by atoms with Gasteiger partial charge in [-0.1, -0.05) is 0 Å². The zero-order valence-electron chi connectivity index (χ0n) is 7.06. The van der Waals surface area contributed by atoms with Crippen molar-refractivity contribution in [2.45, 2.75) is 18.8 Å². The van der Waals surface area contributed by atoms with E-state index in [0.29, 0.717) is 11.1 Å². The first-order valence-corrected chi connectivity index (χ1v) is 4.61. The van der Waals surface area contributed by atoms with Gasteiger partial charge in [0.2, 0.25) is 0 Å². The molecule has 1 aliphatic rings. The fourth-order valence-corrected chi connectivity index (χ4v) is 2.08. The Bertz CT molecular complexity index is 282. The molecule has 0 saturated carbocycles. The molecule has 1 aromatic rings. The van der Waals surface area contributed by atoms with Crippen LogP contribution in [0, 0.1) is 0 Å². The first-order chi connectivity index (χ1) is 5.81. The third-order valence-corrected chi connectivity index (χ3v) is 2.61. The largest absolute Gasteiger partial charge is 0.449 e. The summed E-state index contributed by atoms with van der Waals surface area (Å²) in [6.45, 7) is 1.02. The van der Waals surface area contributed by atoms with Crippen molar-refractivity contribution < 1.29 is 4.42 Å². The van der Waals surface area contributed by atoms with Gasteiger partial charge in [-0.15, -0.1) is 0 Å². The minimum atomic E-state index is 0.529. The van der Waals surface area contributed by atoms with E-state index in [0.717, 1.165) is 18.7 Å². The molecule has 0 radical (unpaired) electrons. The van der Waals surface area contributed by atoms with E-state index >= 15 is 0 Å². The third-order valence-electron chi connectivity index (χ3n) is 2.42. The second-order valence-electron chi connectivity index (χ2n) is 3.22. The van der Waals surface area contributed by atoms with Gasteiger partial charge in [-0.2, -0.15) is 0 Å². The van der Waals surface area contributed by atoms with Gasteiger partial charge >= 0.3 is 0 Å². The molecule has 1 atom stereocenters. The Labute approximate surface area is 76.9 Å². The molecule has 3 heteroatoms. The Kier molecular flexibility index (Phi) is 2.11. The molecule has 0 amide bonds. The number of fused-ring (bicyclic) bond motifs is 1. The summed E-state index contributed by atoms with van der Waals surface area (Å²) in [5, 5.41) is 3.70. The summed E-state index contributed by atoms with van der Waals surface area (Å²) in [6, 6.07) is 1.95. The molecule has 1 aromatic heterocycles. The lowest BCUT2D eigenvalue weighted by Gasteiger charge is -2.06. The molecule has 1 N–H and O–H groups in total. The number of furan rings is 1. The lowest BCUT2D eigenvalue weighted by molar-refractivity contribution is 0.514. The molecular formula is C9H12ClNO. The average molecular weight is 186 g/mol. The van der Waals surface area contributed by atoms with Gasteiger partial charge in [0.1, 0.15) is 5.76 Å². The first kappa shape index (κ1) is 8.14. The van der Waals surface area contributed by atoms with Gasteiger partial charge in [-0.3, -0.25) is 0 Å². The molecule has 12 heavy (non-hydrogen) atoms. The smallest absolute Gasteiger partial charge is 0.193 e. The predicted molar refractivity (Wildman–Crippen MR) is 48.7 cm³/mol. The summed E-state index contributed by atoms with van der Waals surface area (Å²) in [5.74, 6) is 1.68. The normalized spacial score (nSPS) is 21.3. The first-order valence-electron chi connectivity index (χ1n) is 4.24. The number of nitrogens with one attached hydrogen (secondary N) is 1. The van der Waals surface area contributed by atoms with Crippen LogP contribution in [0.5, 0.6) is 0 Å². The molecule has 2 rings (SSSR count). The second-order valence-corrected chi connectivity index (χ2v) is 3.59. The molecule has 0 fully saturated rings. The molecule has 0 aliphatic heterocycles. The minimum absolute atomic E-state index is 0.529. The van der Waals surface area contributed by atoms with Crippen LogP contribution >= 0.6 is 11.6 Å². The lowest BCUT2D eigenvalue weighted by Crippen LogP contribution is -2.14. The van der Waals surface area contributed by atoms with Crippen LogP contribution < -0.4 is 5.32 Å². The van der Waals surface area contributed by atoms with E-state index in [1.54, 1.807) is 0 Å². The molecule has 0 saturated heterocycles. The minimum Gasteiger partial charge on any atom is -0.449 e. The molecule has 1 heterocycles. The number of likely N-dealkylation sites (N-methyl/N-ethyl adjacent to an activating group) is 1. The number of rotatable bonds is 2. The Morgan fingerprint density at radius 3 is 3.33 bits per heavy atom. The van der Waals surface area contributed by atoms with Crippen LogP contribution in [-0.4, -0.2) is 13.6 Å². The van der Waals surface area contributed by atoms with Crippen molar-refractivity contribution in [3.63, 3.8) is 0 Å². The Morgan fingerprint density at radius 2 is 2.58 bits per heavy atom. The van der Waals surface area contributed by atoms with Crippen molar-refractivity contribution >= 4 is 11.6 Å². The standard InChI is InChI=1S/C9H12ClNO/c1-11-5-6-2-3-8-7(6)4-9(10)12-8/h4,6,11H,2-3,5H2,1H3. The fraction of sp³-hybridized carbons (Fsp3) is 0.556. The van der Waals surface area contributed by atoms with E-state index in [-0.39, 0.29) is 0 Å². The van der Waals surface area contributed by atoms with Crippen LogP contribution in [-0.2, 0) is 6.42 Å². The summed E-state index contributed by atoms with van der Waals surface area (Å²) in [5.41, 5.74) is 1.30. The molecular weight excluding hydrogens is 174 g/mol. The van der Waals surface area contributed by atoms with Crippen LogP contribution in [0.25, 0.3) is 0 Å². The number of hydrogen-bond donors (Lipinski definition) is 1. The van der Waals surface area contributed by atoms with Crippen molar-refractivity contribution in [1.82, 2.24) is 5.32 Å². The Morgan fingerprint density at radius 1 is 1.75 bits per heavy atom. The van der Waals surface area contributed by atoms with Crippen molar-refractivity contribution in [2.75, 3.05) is 13.6 Å². The maximum absolute atomic E-state index is 5.76. The van der Waals surface area contributed by atoms with Gasteiger partial charge < -0.3 is 9.73 Å². The zero-order chi connectivity index (χ0) is 8.55. The summed E-state index contributed by atoms with van der Waals surface area (Å²) in [6.07, 6.45) is 2.22. The van der Waals surface area contributed by atoms with E-state index in [1.807, 2.05) is 13.1 Å². The number of hydrogen-bond acceptors (Lipinski definition) is 2. The summed E-state index contributed by atoms with van der Waals surface area (Å²) in [7, 11) is 1.97. The monoisotopic (exact) mass is 185 g/mol. The van der Waals surface area contributed by atoms with Crippen LogP contribution in [0.15, 0.2) is 10.5 Å². The maximum atomic E-state index is 5.76. The highest BCUT2D eigenvalue weighted by molar-refractivity contribution is 6.28. The Balaban J connectivity index is 2.22.